The molecule has 0 radical (unpaired) electrons. The van der Waals surface area contributed by atoms with Gasteiger partial charge in [0.25, 0.3) is 0 Å². The summed E-state index contributed by atoms with van der Waals surface area (Å²) < 4.78 is 16.5. The van der Waals surface area contributed by atoms with E-state index in [2.05, 4.69) is 10.2 Å². The number of nitrogens with zero attached hydrogens (tertiary/aromatic N) is 1. The highest BCUT2D eigenvalue weighted by Gasteiger charge is 2.29. The second-order valence-electron chi connectivity index (χ2n) is 6.11. The number of carbonyl (C=O) groups excluding carboxylic acids is 1. The maximum absolute atomic E-state index is 12.1. The molecule has 1 aromatic heterocycles. The van der Waals surface area contributed by atoms with E-state index in [1.54, 1.807) is 32.2 Å². The molecule has 0 spiro atoms. The van der Waals surface area contributed by atoms with Crippen molar-refractivity contribution in [3.8, 4) is 33.9 Å². The number of hydrogen-bond acceptors (Lipinski definition) is 5. The molecule has 1 aliphatic rings. The van der Waals surface area contributed by atoms with Crippen LogP contribution in [0.2, 0.25) is 10.0 Å². The van der Waals surface area contributed by atoms with E-state index < -0.39 is 5.97 Å². The quantitative estimate of drug-likeness (QED) is 0.594. The average Bonchev–Trinajstić information content (AvgIpc) is 3.12. The number of carbonyl (C=O) groups is 1. The third-order valence-electron chi connectivity index (χ3n) is 4.50. The molecule has 1 N–H and O–H groups in total. The molecule has 2 aromatic carbocycles. The molecule has 0 atom stereocenters. The van der Waals surface area contributed by atoms with Crippen LogP contribution in [0, 0.1) is 0 Å². The fraction of sp³-hybridized carbons (Fsp3) is 0.200. The van der Waals surface area contributed by atoms with Crippen LogP contribution in [0.3, 0.4) is 0 Å². The van der Waals surface area contributed by atoms with E-state index in [0.717, 1.165) is 16.7 Å². The van der Waals surface area contributed by atoms with Gasteiger partial charge in [0.2, 0.25) is 0 Å². The number of aromatic nitrogens is 2. The Balaban J connectivity index is 1.87. The van der Waals surface area contributed by atoms with E-state index in [0.29, 0.717) is 32.8 Å². The Morgan fingerprint density at radius 3 is 2.75 bits per heavy atom. The molecule has 0 fully saturated rings. The Morgan fingerprint density at radius 2 is 2.04 bits per heavy atom. The molecule has 2 heterocycles. The second kappa shape index (κ2) is 7.37. The lowest BCUT2D eigenvalue weighted by Gasteiger charge is -2.21. The number of rotatable bonds is 4. The van der Waals surface area contributed by atoms with Crippen molar-refractivity contribution in [2.75, 3.05) is 13.7 Å². The molecule has 0 unspecified atom stereocenters. The van der Waals surface area contributed by atoms with Crippen molar-refractivity contribution in [2.24, 2.45) is 0 Å². The zero-order valence-corrected chi connectivity index (χ0v) is 16.6. The molecular formula is C20H16Cl2N2O4. The van der Waals surface area contributed by atoms with Crippen molar-refractivity contribution in [3.63, 3.8) is 0 Å². The SMILES string of the molecule is CCOC(=O)c1n[nH]c2c1COc1cc(OC)c(-c3ccc(Cl)cc3Cl)cc1-2. The summed E-state index contributed by atoms with van der Waals surface area (Å²) in [5, 5.41) is 8.12. The van der Waals surface area contributed by atoms with Gasteiger partial charge in [0.1, 0.15) is 18.1 Å². The molecular weight excluding hydrogens is 403 g/mol. The molecule has 6 nitrogen and oxygen atoms in total. The van der Waals surface area contributed by atoms with E-state index in [1.165, 1.54) is 0 Å². The van der Waals surface area contributed by atoms with Gasteiger partial charge in [-0.05, 0) is 25.1 Å². The lowest BCUT2D eigenvalue weighted by Crippen LogP contribution is -2.12. The molecule has 8 heteroatoms. The minimum Gasteiger partial charge on any atom is -0.496 e. The van der Waals surface area contributed by atoms with Gasteiger partial charge in [-0.15, -0.1) is 0 Å². The third-order valence-corrected chi connectivity index (χ3v) is 5.05. The van der Waals surface area contributed by atoms with E-state index in [4.69, 9.17) is 37.4 Å². The van der Waals surface area contributed by atoms with Crippen molar-refractivity contribution in [1.29, 1.82) is 0 Å². The van der Waals surface area contributed by atoms with Crippen molar-refractivity contribution in [2.45, 2.75) is 13.5 Å². The molecule has 4 rings (SSSR count). The summed E-state index contributed by atoms with van der Waals surface area (Å²) in [4.78, 5) is 12.1. The normalized spacial score (nSPS) is 12.0. The molecule has 28 heavy (non-hydrogen) atoms. The van der Waals surface area contributed by atoms with Crippen molar-refractivity contribution in [3.05, 3.63) is 51.6 Å². The number of H-pyrrole nitrogens is 1. The smallest absolute Gasteiger partial charge is 0.359 e. The molecule has 0 amide bonds. The minimum absolute atomic E-state index is 0.206. The van der Waals surface area contributed by atoms with Crippen LogP contribution in [0.15, 0.2) is 30.3 Å². The number of nitrogens with one attached hydrogen (secondary N) is 1. The fourth-order valence-electron chi connectivity index (χ4n) is 3.21. The maximum Gasteiger partial charge on any atom is 0.359 e. The summed E-state index contributed by atoms with van der Waals surface area (Å²) in [6, 6.07) is 8.96. The van der Waals surface area contributed by atoms with Gasteiger partial charge in [-0.2, -0.15) is 5.10 Å². The first-order valence-electron chi connectivity index (χ1n) is 8.58. The lowest BCUT2D eigenvalue weighted by molar-refractivity contribution is 0.0516. The largest absolute Gasteiger partial charge is 0.496 e. The van der Waals surface area contributed by atoms with Crippen LogP contribution in [0.4, 0.5) is 0 Å². The number of methoxy groups -OCH3 is 1. The van der Waals surface area contributed by atoms with Gasteiger partial charge in [-0.1, -0.05) is 29.3 Å². The van der Waals surface area contributed by atoms with Crippen LogP contribution in [-0.2, 0) is 11.3 Å². The zero-order chi connectivity index (χ0) is 19.8. The van der Waals surface area contributed by atoms with Crippen molar-refractivity contribution >= 4 is 29.2 Å². The van der Waals surface area contributed by atoms with Crippen LogP contribution < -0.4 is 9.47 Å². The summed E-state index contributed by atoms with van der Waals surface area (Å²) in [7, 11) is 1.58. The maximum atomic E-state index is 12.1. The fourth-order valence-corrected chi connectivity index (χ4v) is 3.72. The number of ether oxygens (including phenoxy) is 3. The molecule has 0 saturated carbocycles. The Labute approximate surface area is 171 Å². The summed E-state index contributed by atoms with van der Waals surface area (Å²) in [6.45, 7) is 2.22. The summed E-state index contributed by atoms with van der Waals surface area (Å²) in [6.07, 6.45) is 0. The van der Waals surface area contributed by atoms with Crippen LogP contribution in [0.5, 0.6) is 11.5 Å². The predicted octanol–water partition coefficient (Wildman–Crippen LogP) is 5.13. The molecule has 0 saturated heterocycles. The van der Waals surface area contributed by atoms with Crippen LogP contribution >= 0.6 is 23.2 Å². The van der Waals surface area contributed by atoms with Crippen LogP contribution in [0.25, 0.3) is 22.4 Å². The Kier molecular flexibility index (Phi) is 4.91. The predicted molar refractivity (Wildman–Crippen MR) is 106 cm³/mol. The van der Waals surface area contributed by atoms with Crippen molar-refractivity contribution in [1.82, 2.24) is 10.2 Å². The molecule has 144 valence electrons. The Morgan fingerprint density at radius 1 is 1.21 bits per heavy atom. The summed E-state index contributed by atoms with van der Waals surface area (Å²) in [5.41, 5.74) is 3.88. The average molecular weight is 419 g/mol. The highest BCUT2D eigenvalue weighted by molar-refractivity contribution is 6.36. The zero-order valence-electron chi connectivity index (χ0n) is 15.1. The van der Waals surface area contributed by atoms with E-state index in [-0.39, 0.29) is 18.9 Å². The van der Waals surface area contributed by atoms with Gasteiger partial charge in [-0.3, -0.25) is 5.10 Å². The van der Waals surface area contributed by atoms with E-state index >= 15 is 0 Å². The van der Waals surface area contributed by atoms with Crippen LogP contribution in [0.1, 0.15) is 23.0 Å². The summed E-state index contributed by atoms with van der Waals surface area (Å²) >= 11 is 12.4. The number of hydrogen-bond donors (Lipinski definition) is 1. The van der Waals surface area contributed by atoms with Gasteiger partial charge >= 0.3 is 5.97 Å². The van der Waals surface area contributed by atoms with Gasteiger partial charge in [0, 0.05) is 27.8 Å². The second-order valence-corrected chi connectivity index (χ2v) is 6.95. The minimum atomic E-state index is -0.485. The van der Waals surface area contributed by atoms with Crippen molar-refractivity contribution < 1.29 is 19.0 Å². The first kappa shape index (κ1) is 18.7. The third kappa shape index (κ3) is 3.08. The van der Waals surface area contributed by atoms with E-state index in [9.17, 15) is 4.79 Å². The van der Waals surface area contributed by atoms with Gasteiger partial charge in [-0.25, -0.2) is 4.79 Å². The number of fused-ring (bicyclic) bond motifs is 3. The molecule has 1 aliphatic heterocycles. The first-order chi connectivity index (χ1) is 13.5. The van der Waals surface area contributed by atoms with Gasteiger partial charge in [0.15, 0.2) is 5.69 Å². The number of benzene rings is 2. The highest BCUT2D eigenvalue weighted by Crippen LogP contribution is 2.46. The molecule has 3 aromatic rings. The topological polar surface area (TPSA) is 73.4 Å². The number of aromatic amines is 1. The number of halogens is 2. The Hall–Kier alpha value is -2.70. The number of esters is 1. The highest BCUT2D eigenvalue weighted by atomic mass is 35.5. The summed E-state index contributed by atoms with van der Waals surface area (Å²) in [5.74, 6) is 0.746. The van der Waals surface area contributed by atoms with Gasteiger partial charge < -0.3 is 14.2 Å². The van der Waals surface area contributed by atoms with E-state index in [1.807, 2.05) is 12.1 Å². The van der Waals surface area contributed by atoms with Crippen LogP contribution in [-0.4, -0.2) is 29.9 Å². The monoisotopic (exact) mass is 418 g/mol. The molecule has 0 bridgehead atoms. The van der Waals surface area contributed by atoms with Gasteiger partial charge in [0.05, 0.1) is 30.0 Å². The standard InChI is InChI=1S/C20H16Cl2N2O4/c1-3-27-20(25)19-14-9-28-17-8-16(26-2)12(7-13(17)18(14)23-24-19)11-5-4-10(21)6-15(11)22/h4-8H,3,9H2,1-2H3,(H,23,24). The molecule has 0 aliphatic carbocycles. The Bertz CT molecular complexity index is 1080. The lowest BCUT2D eigenvalue weighted by atomic mass is 9.96. The first-order valence-corrected chi connectivity index (χ1v) is 9.34.